The topological polar surface area (TPSA) is 99.5 Å². The molecule has 0 aliphatic heterocycles. The highest BCUT2D eigenvalue weighted by molar-refractivity contribution is 14.1. The highest BCUT2D eigenvalue weighted by Gasteiger charge is 2.12. The minimum absolute atomic E-state index is 0.0681. The SMILES string of the molecule is COc1c(NC=C(C#N)c2nn[nH]n2)ccc(I)c1F. The molecule has 0 bridgehead atoms. The van der Waals surface area contributed by atoms with E-state index in [0.29, 0.717) is 9.26 Å². The Morgan fingerprint density at radius 3 is 3.00 bits per heavy atom. The number of allylic oxidation sites excluding steroid dienone is 1. The molecule has 0 unspecified atom stereocenters. The van der Waals surface area contributed by atoms with Gasteiger partial charge in [-0.15, -0.1) is 10.2 Å². The van der Waals surface area contributed by atoms with Gasteiger partial charge in [-0.05, 0) is 39.9 Å². The molecule has 2 aromatic rings. The third kappa shape index (κ3) is 2.85. The van der Waals surface area contributed by atoms with E-state index in [-0.39, 0.29) is 17.1 Å². The highest BCUT2D eigenvalue weighted by atomic mass is 127. The normalized spacial score (nSPS) is 11.0. The van der Waals surface area contributed by atoms with Crippen LogP contribution in [0.3, 0.4) is 0 Å². The minimum atomic E-state index is -0.468. The van der Waals surface area contributed by atoms with Crippen LogP contribution in [-0.2, 0) is 0 Å². The van der Waals surface area contributed by atoms with E-state index in [2.05, 4.69) is 25.9 Å². The number of anilines is 1. The molecular formula is C11H8FIN6O. The zero-order chi connectivity index (χ0) is 14.5. The first-order chi connectivity index (χ1) is 9.67. The van der Waals surface area contributed by atoms with E-state index >= 15 is 0 Å². The number of methoxy groups -OCH3 is 1. The molecule has 1 aromatic carbocycles. The van der Waals surface area contributed by atoms with Gasteiger partial charge in [0.1, 0.15) is 11.6 Å². The summed E-state index contributed by atoms with van der Waals surface area (Å²) >= 11 is 1.86. The molecule has 2 N–H and O–H groups in total. The summed E-state index contributed by atoms with van der Waals surface area (Å²) in [5, 5.41) is 24.8. The lowest BCUT2D eigenvalue weighted by Gasteiger charge is -2.10. The van der Waals surface area contributed by atoms with Gasteiger partial charge in [-0.1, -0.05) is 0 Å². The minimum Gasteiger partial charge on any atom is -0.492 e. The van der Waals surface area contributed by atoms with Crippen LogP contribution in [0.1, 0.15) is 5.82 Å². The molecule has 0 amide bonds. The average molecular weight is 386 g/mol. The molecule has 0 saturated carbocycles. The molecule has 0 atom stereocenters. The van der Waals surface area contributed by atoms with Crippen molar-refractivity contribution in [3.05, 3.63) is 33.5 Å². The maximum atomic E-state index is 13.8. The first-order valence-corrected chi connectivity index (χ1v) is 6.38. The Bertz CT molecular complexity index is 679. The summed E-state index contributed by atoms with van der Waals surface area (Å²) in [5.74, 6) is -0.256. The van der Waals surface area contributed by atoms with Gasteiger partial charge < -0.3 is 10.1 Å². The third-order valence-corrected chi connectivity index (χ3v) is 3.17. The maximum Gasteiger partial charge on any atom is 0.216 e. The summed E-state index contributed by atoms with van der Waals surface area (Å²) in [6.45, 7) is 0. The first-order valence-electron chi connectivity index (χ1n) is 5.30. The molecular weight excluding hydrogens is 378 g/mol. The van der Waals surface area contributed by atoms with Gasteiger partial charge in [0.25, 0.3) is 0 Å². The van der Waals surface area contributed by atoms with Crippen molar-refractivity contribution >= 4 is 33.9 Å². The molecule has 0 aliphatic carbocycles. The monoisotopic (exact) mass is 386 g/mol. The Balaban J connectivity index is 2.31. The molecule has 1 heterocycles. The predicted octanol–water partition coefficient (Wildman–Crippen LogP) is 1.93. The third-order valence-electron chi connectivity index (χ3n) is 2.33. The number of nitrogens with zero attached hydrogens (tertiary/aromatic N) is 4. The van der Waals surface area contributed by atoms with Crippen molar-refractivity contribution in [2.45, 2.75) is 0 Å². The summed E-state index contributed by atoms with van der Waals surface area (Å²) in [6.07, 6.45) is 1.36. The van der Waals surface area contributed by atoms with E-state index in [4.69, 9.17) is 10.00 Å². The van der Waals surface area contributed by atoms with Crippen molar-refractivity contribution in [2.75, 3.05) is 12.4 Å². The number of tetrazole rings is 1. The van der Waals surface area contributed by atoms with Crippen LogP contribution in [0.5, 0.6) is 5.75 Å². The predicted molar refractivity (Wildman–Crippen MR) is 77.1 cm³/mol. The van der Waals surface area contributed by atoms with Gasteiger partial charge in [-0.25, -0.2) is 4.39 Å². The lowest BCUT2D eigenvalue weighted by atomic mass is 10.2. The molecule has 7 nitrogen and oxygen atoms in total. The van der Waals surface area contributed by atoms with Gasteiger partial charge in [0.2, 0.25) is 5.82 Å². The van der Waals surface area contributed by atoms with E-state index in [1.807, 2.05) is 28.7 Å². The standard InChI is InChI=1S/C11H8FIN6O/c1-20-10-8(3-2-7(13)9(10)12)15-5-6(4-14)11-16-18-19-17-11/h2-3,5,15H,1H3,(H,16,17,18,19). The second kappa shape index (κ2) is 6.29. The number of rotatable bonds is 4. The number of nitriles is 1. The molecule has 20 heavy (non-hydrogen) atoms. The van der Waals surface area contributed by atoms with E-state index in [1.165, 1.54) is 13.3 Å². The lowest BCUT2D eigenvalue weighted by molar-refractivity contribution is 0.387. The van der Waals surface area contributed by atoms with E-state index in [0.717, 1.165) is 0 Å². The molecule has 0 aliphatic rings. The van der Waals surface area contributed by atoms with Gasteiger partial charge in [0, 0.05) is 6.20 Å². The largest absolute Gasteiger partial charge is 0.492 e. The molecule has 0 saturated heterocycles. The summed E-state index contributed by atoms with van der Waals surface area (Å²) in [4.78, 5) is 0. The number of hydrogen-bond acceptors (Lipinski definition) is 6. The number of aromatic nitrogens is 4. The number of ether oxygens (including phenoxy) is 1. The second-order valence-electron chi connectivity index (χ2n) is 3.49. The summed E-state index contributed by atoms with van der Waals surface area (Å²) in [7, 11) is 1.37. The number of nitrogens with one attached hydrogen (secondary N) is 2. The average Bonchev–Trinajstić information content (AvgIpc) is 2.97. The molecule has 2 rings (SSSR count). The number of H-pyrrole nitrogens is 1. The molecule has 102 valence electrons. The van der Waals surface area contributed by atoms with Gasteiger partial charge in [-0.3, -0.25) is 0 Å². The van der Waals surface area contributed by atoms with Crippen molar-refractivity contribution in [1.82, 2.24) is 20.6 Å². The van der Waals surface area contributed by atoms with Crippen molar-refractivity contribution in [1.29, 1.82) is 5.26 Å². The maximum absolute atomic E-state index is 13.8. The Hall–Kier alpha value is -2.22. The zero-order valence-electron chi connectivity index (χ0n) is 10.2. The quantitative estimate of drug-likeness (QED) is 0.616. The molecule has 0 spiro atoms. The summed E-state index contributed by atoms with van der Waals surface area (Å²) in [5.41, 5.74) is 0.543. The summed E-state index contributed by atoms with van der Waals surface area (Å²) in [6, 6.07) is 5.15. The fourth-order valence-electron chi connectivity index (χ4n) is 1.42. The van der Waals surface area contributed by atoms with Crippen molar-refractivity contribution in [3.8, 4) is 11.8 Å². The number of halogens is 2. The van der Waals surface area contributed by atoms with E-state index in [9.17, 15) is 4.39 Å². The fraction of sp³-hybridized carbons (Fsp3) is 0.0909. The van der Waals surface area contributed by atoms with Crippen LogP contribution in [0.2, 0.25) is 0 Å². The molecule has 0 fully saturated rings. The van der Waals surface area contributed by atoms with Crippen LogP contribution in [0.15, 0.2) is 18.3 Å². The van der Waals surface area contributed by atoms with Crippen LogP contribution in [0.4, 0.5) is 10.1 Å². The Kier molecular flexibility index (Phi) is 4.46. The van der Waals surface area contributed by atoms with Gasteiger partial charge >= 0.3 is 0 Å². The van der Waals surface area contributed by atoms with Crippen LogP contribution in [0.25, 0.3) is 5.57 Å². The van der Waals surface area contributed by atoms with E-state index in [1.54, 1.807) is 12.1 Å². The van der Waals surface area contributed by atoms with Crippen molar-refractivity contribution in [3.63, 3.8) is 0 Å². The number of benzene rings is 1. The number of hydrogen-bond donors (Lipinski definition) is 2. The number of aromatic amines is 1. The van der Waals surface area contributed by atoms with Crippen LogP contribution >= 0.6 is 22.6 Å². The molecule has 9 heteroatoms. The van der Waals surface area contributed by atoms with Gasteiger partial charge in [-0.2, -0.15) is 10.5 Å². The molecule has 0 radical (unpaired) electrons. The van der Waals surface area contributed by atoms with Gasteiger partial charge in [0.05, 0.1) is 16.4 Å². The Morgan fingerprint density at radius 2 is 2.40 bits per heavy atom. The first kappa shape index (κ1) is 14.2. The van der Waals surface area contributed by atoms with Gasteiger partial charge in [0.15, 0.2) is 11.6 Å². The lowest BCUT2D eigenvalue weighted by Crippen LogP contribution is -1.99. The van der Waals surface area contributed by atoms with E-state index < -0.39 is 5.82 Å². The zero-order valence-corrected chi connectivity index (χ0v) is 12.3. The van der Waals surface area contributed by atoms with Crippen LogP contribution in [0, 0.1) is 20.7 Å². The fourth-order valence-corrected chi connectivity index (χ4v) is 1.84. The Labute approximate surface area is 127 Å². The summed E-state index contributed by atoms with van der Waals surface area (Å²) < 4.78 is 19.3. The van der Waals surface area contributed by atoms with Crippen LogP contribution < -0.4 is 10.1 Å². The van der Waals surface area contributed by atoms with Crippen LogP contribution in [-0.4, -0.2) is 27.7 Å². The second-order valence-corrected chi connectivity index (χ2v) is 4.65. The smallest absolute Gasteiger partial charge is 0.216 e. The molecule has 1 aromatic heterocycles. The van der Waals surface area contributed by atoms with Crippen molar-refractivity contribution < 1.29 is 9.13 Å². The van der Waals surface area contributed by atoms with Crippen molar-refractivity contribution in [2.24, 2.45) is 0 Å². The highest BCUT2D eigenvalue weighted by Crippen LogP contribution is 2.31. The Morgan fingerprint density at radius 1 is 1.60 bits per heavy atom.